The number of nitro groups is 1. The fourth-order valence-corrected chi connectivity index (χ4v) is 2.48. The van der Waals surface area contributed by atoms with E-state index in [4.69, 9.17) is 0 Å². The Morgan fingerprint density at radius 2 is 2.00 bits per heavy atom. The van der Waals surface area contributed by atoms with Crippen LogP contribution in [0.1, 0.15) is 22.8 Å². The van der Waals surface area contributed by atoms with Crippen LogP contribution in [0.5, 0.6) is 5.75 Å². The Kier molecular flexibility index (Phi) is 6.61. The lowest BCUT2D eigenvalue weighted by Gasteiger charge is -2.12. The predicted octanol–water partition coefficient (Wildman–Crippen LogP) is 2.33. The summed E-state index contributed by atoms with van der Waals surface area (Å²) in [4.78, 5) is 34.2. The molecule has 0 aliphatic rings. The molecule has 2 rings (SSSR count). The second kappa shape index (κ2) is 8.90. The lowest BCUT2D eigenvalue weighted by Crippen LogP contribution is -2.43. The molecule has 0 bridgehead atoms. The van der Waals surface area contributed by atoms with Crippen molar-refractivity contribution in [3.8, 4) is 5.75 Å². The fourth-order valence-electron chi connectivity index (χ4n) is 2.02. The zero-order valence-corrected chi connectivity index (χ0v) is 15.6. The maximum absolute atomic E-state index is 12.2. The summed E-state index contributed by atoms with van der Waals surface area (Å²) in [6, 6.07) is 9.59. The highest BCUT2D eigenvalue weighted by atomic mass is 79.9. The largest absolute Gasteiger partial charge is 0.502 e. The Morgan fingerprint density at radius 1 is 1.30 bits per heavy atom. The van der Waals surface area contributed by atoms with Gasteiger partial charge in [-0.1, -0.05) is 12.1 Å². The first-order valence-corrected chi connectivity index (χ1v) is 8.44. The topological polar surface area (TPSA) is 134 Å². The third-order valence-corrected chi connectivity index (χ3v) is 4.14. The zero-order chi connectivity index (χ0) is 20.0. The number of rotatable bonds is 6. The Morgan fingerprint density at radius 3 is 2.67 bits per heavy atom. The summed E-state index contributed by atoms with van der Waals surface area (Å²) in [5, 5.41) is 26.4. The Hall–Kier alpha value is -3.27. The van der Waals surface area contributed by atoms with Gasteiger partial charge in [-0.2, -0.15) is 5.10 Å². The van der Waals surface area contributed by atoms with E-state index in [1.165, 1.54) is 19.2 Å². The molecule has 3 N–H and O–H groups in total. The molecule has 0 spiro atoms. The Balaban J connectivity index is 1.96. The molecule has 0 saturated heterocycles. The molecule has 0 radical (unpaired) electrons. The van der Waals surface area contributed by atoms with E-state index in [1.54, 1.807) is 24.3 Å². The van der Waals surface area contributed by atoms with Crippen LogP contribution in [0.3, 0.4) is 0 Å². The second-order valence-electron chi connectivity index (χ2n) is 5.41. The van der Waals surface area contributed by atoms with Crippen molar-refractivity contribution in [3.63, 3.8) is 0 Å². The molecule has 2 aromatic rings. The van der Waals surface area contributed by atoms with Crippen LogP contribution in [0, 0.1) is 10.1 Å². The highest BCUT2D eigenvalue weighted by molar-refractivity contribution is 9.10. The first-order chi connectivity index (χ1) is 12.8. The maximum atomic E-state index is 12.2. The van der Waals surface area contributed by atoms with Gasteiger partial charge in [-0.3, -0.25) is 19.7 Å². The number of aromatic hydroxyl groups is 1. The van der Waals surface area contributed by atoms with Gasteiger partial charge in [0.2, 0.25) is 0 Å². The van der Waals surface area contributed by atoms with Crippen molar-refractivity contribution in [2.75, 3.05) is 0 Å². The van der Waals surface area contributed by atoms with E-state index in [-0.39, 0.29) is 0 Å². The molecule has 0 saturated carbocycles. The number of halogens is 1. The van der Waals surface area contributed by atoms with Crippen LogP contribution in [-0.4, -0.2) is 34.1 Å². The maximum Gasteiger partial charge on any atom is 0.311 e. The number of phenolic OH excluding ortho intramolecular Hbond substituents is 1. The molecule has 140 valence electrons. The number of hydrogen-bond donors (Lipinski definition) is 3. The lowest BCUT2D eigenvalue weighted by atomic mass is 10.2. The van der Waals surface area contributed by atoms with Gasteiger partial charge in [0.25, 0.3) is 11.8 Å². The van der Waals surface area contributed by atoms with Crippen LogP contribution >= 0.6 is 15.9 Å². The average molecular weight is 435 g/mol. The molecule has 0 heterocycles. The molecule has 27 heavy (non-hydrogen) atoms. The summed E-state index contributed by atoms with van der Waals surface area (Å²) in [6.07, 6.45) is 1.19. The molecule has 0 aliphatic carbocycles. The van der Waals surface area contributed by atoms with Crippen molar-refractivity contribution in [3.05, 3.63) is 68.2 Å². The van der Waals surface area contributed by atoms with Gasteiger partial charge in [-0.05, 0) is 47.1 Å². The van der Waals surface area contributed by atoms with Crippen LogP contribution in [0.25, 0.3) is 0 Å². The molecule has 0 aromatic heterocycles. The van der Waals surface area contributed by atoms with Crippen molar-refractivity contribution in [1.29, 1.82) is 0 Å². The van der Waals surface area contributed by atoms with Gasteiger partial charge in [0.05, 0.1) is 16.7 Å². The van der Waals surface area contributed by atoms with Gasteiger partial charge in [0.1, 0.15) is 6.04 Å². The lowest BCUT2D eigenvalue weighted by molar-refractivity contribution is -0.385. The van der Waals surface area contributed by atoms with Gasteiger partial charge < -0.3 is 10.4 Å². The average Bonchev–Trinajstić information content (AvgIpc) is 2.62. The molecule has 0 aliphatic heterocycles. The highest BCUT2D eigenvalue weighted by Gasteiger charge is 2.17. The third-order valence-electron chi connectivity index (χ3n) is 3.44. The minimum absolute atomic E-state index is 0.310. The fraction of sp³-hybridized carbons (Fsp3) is 0.118. The van der Waals surface area contributed by atoms with Gasteiger partial charge in [0.15, 0.2) is 5.75 Å². The first-order valence-electron chi connectivity index (χ1n) is 7.65. The summed E-state index contributed by atoms with van der Waals surface area (Å²) < 4.78 is 0.599. The van der Waals surface area contributed by atoms with Gasteiger partial charge in [-0.15, -0.1) is 0 Å². The number of nitrogens with zero attached hydrogens (tertiary/aromatic N) is 2. The van der Waals surface area contributed by atoms with Gasteiger partial charge in [-0.25, -0.2) is 5.43 Å². The number of amides is 2. The molecule has 2 amide bonds. The summed E-state index contributed by atoms with van der Waals surface area (Å²) in [5.41, 5.74) is 2.46. The molecule has 1 unspecified atom stereocenters. The summed E-state index contributed by atoms with van der Waals surface area (Å²) >= 11 is 3.26. The number of hydrazone groups is 1. The number of nitro benzene ring substituents is 1. The van der Waals surface area contributed by atoms with Crippen molar-refractivity contribution >= 4 is 39.6 Å². The number of carbonyl (C=O) groups is 2. The number of carbonyl (C=O) groups excluding carboxylic acids is 2. The number of benzene rings is 2. The van der Waals surface area contributed by atoms with E-state index in [9.17, 15) is 24.8 Å². The van der Waals surface area contributed by atoms with Crippen LogP contribution in [0.2, 0.25) is 0 Å². The van der Waals surface area contributed by atoms with Crippen molar-refractivity contribution in [2.45, 2.75) is 13.0 Å². The van der Waals surface area contributed by atoms with Crippen LogP contribution < -0.4 is 10.7 Å². The minimum Gasteiger partial charge on any atom is -0.502 e. The summed E-state index contributed by atoms with van der Waals surface area (Å²) in [5.74, 6) is -1.47. The standard InChI is InChI=1S/C17H15BrN4O5/c1-10(20-17(25)12-4-2-3-5-13(12)18)16(24)21-19-9-11-6-7-15(23)14(8-11)22(26)27/h2-10,23H,1H3,(H,20,25)(H,21,24). The molecular formula is C17H15BrN4O5. The van der Waals surface area contributed by atoms with E-state index < -0.39 is 34.2 Å². The van der Waals surface area contributed by atoms with Crippen molar-refractivity contribution < 1.29 is 19.6 Å². The molecule has 0 fully saturated rings. The monoisotopic (exact) mass is 434 g/mol. The van der Waals surface area contributed by atoms with E-state index >= 15 is 0 Å². The Bertz CT molecular complexity index is 916. The van der Waals surface area contributed by atoms with Crippen molar-refractivity contribution in [2.24, 2.45) is 5.10 Å². The first kappa shape index (κ1) is 20.0. The second-order valence-corrected chi connectivity index (χ2v) is 6.27. The van der Waals surface area contributed by atoms with E-state index in [1.807, 2.05) is 0 Å². The zero-order valence-electron chi connectivity index (χ0n) is 14.0. The van der Waals surface area contributed by atoms with Gasteiger partial charge in [0, 0.05) is 16.1 Å². The van der Waals surface area contributed by atoms with Crippen LogP contribution in [-0.2, 0) is 4.79 Å². The molecular weight excluding hydrogens is 420 g/mol. The number of phenols is 1. The molecule has 10 heteroatoms. The Labute approximate surface area is 162 Å². The SMILES string of the molecule is CC(NC(=O)c1ccccc1Br)C(=O)NN=Cc1ccc(O)c([N+](=O)[O-])c1. The quantitative estimate of drug-likeness (QED) is 0.364. The minimum atomic E-state index is -0.865. The normalized spacial score (nSPS) is 11.8. The molecule has 1 atom stereocenters. The van der Waals surface area contributed by atoms with E-state index in [0.717, 1.165) is 12.1 Å². The number of hydrogen-bond acceptors (Lipinski definition) is 6. The van der Waals surface area contributed by atoms with Crippen LogP contribution in [0.4, 0.5) is 5.69 Å². The number of nitrogens with one attached hydrogen (secondary N) is 2. The highest BCUT2D eigenvalue weighted by Crippen LogP contribution is 2.25. The van der Waals surface area contributed by atoms with E-state index in [0.29, 0.717) is 15.6 Å². The van der Waals surface area contributed by atoms with Gasteiger partial charge >= 0.3 is 5.69 Å². The van der Waals surface area contributed by atoms with Crippen molar-refractivity contribution in [1.82, 2.24) is 10.7 Å². The molecule has 9 nitrogen and oxygen atoms in total. The summed E-state index contributed by atoms with van der Waals surface area (Å²) in [6.45, 7) is 1.49. The molecule has 2 aromatic carbocycles. The third kappa shape index (κ3) is 5.35. The van der Waals surface area contributed by atoms with Crippen LogP contribution in [0.15, 0.2) is 52.0 Å². The summed E-state index contributed by atoms with van der Waals surface area (Å²) in [7, 11) is 0. The van der Waals surface area contributed by atoms with E-state index in [2.05, 4.69) is 31.8 Å². The smallest absolute Gasteiger partial charge is 0.311 e. The predicted molar refractivity (Wildman–Crippen MR) is 102 cm³/mol.